The summed E-state index contributed by atoms with van der Waals surface area (Å²) in [7, 11) is -0.909. The molecule has 1 atom stereocenters. The Bertz CT molecular complexity index is 354. The number of allylic oxidation sites excluding steroid dienone is 2. The minimum absolute atomic E-state index is 0.909. The molecule has 0 bridgehead atoms. The minimum atomic E-state index is -0.909. The van der Waals surface area contributed by atoms with Gasteiger partial charge < -0.3 is 0 Å². The predicted molar refractivity (Wildman–Crippen MR) is 59.4 cm³/mol. The minimum Gasteiger partial charge on any atom is -0.249 e. The fraction of sp³-hybridized carbons (Fsp3) is 0.333. The zero-order valence-corrected chi connectivity index (χ0v) is 8.93. The van der Waals surface area contributed by atoms with E-state index in [4.69, 9.17) is 0 Å². The number of hydrogen-bond donors (Lipinski definition) is 0. The average molecular weight is 206 g/mol. The standard InChI is InChI=1S/C12H14OS/c13-14(11-7-3-1-4-8-11)12-9-5-2-6-10-12/h1,3-4,7-9H,2,5-6,10H2/t14-/m1/s1. The van der Waals surface area contributed by atoms with Gasteiger partial charge in [0.2, 0.25) is 0 Å². The molecule has 0 aromatic heterocycles. The quantitative estimate of drug-likeness (QED) is 0.726. The smallest absolute Gasteiger partial charge is 0.0805 e. The van der Waals surface area contributed by atoms with E-state index in [1.54, 1.807) is 0 Å². The van der Waals surface area contributed by atoms with E-state index in [9.17, 15) is 4.21 Å². The highest BCUT2D eigenvalue weighted by Gasteiger charge is 2.11. The van der Waals surface area contributed by atoms with Crippen molar-refractivity contribution in [3.63, 3.8) is 0 Å². The van der Waals surface area contributed by atoms with Gasteiger partial charge >= 0.3 is 0 Å². The molecule has 1 nitrogen and oxygen atoms in total. The summed E-state index contributed by atoms with van der Waals surface area (Å²) < 4.78 is 12.0. The van der Waals surface area contributed by atoms with Crippen LogP contribution in [0.3, 0.4) is 0 Å². The molecule has 0 N–H and O–H groups in total. The highest BCUT2D eigenvalue weighted by molar-refractivity contribution is 7.89. The molecule has 2 rings (SSSR count). The van der Waals surface area contributed by atoms with Crippen molar-refractivity contribution in [3.05, 3.63) is 41.3 Å². The van der Waals surface area contributed by atoms with Gasteiger partial charge in [0.25, 0.3) is 0 Å². The van der Waals surface area contributed by atoms with Gasteiger partial charge in [-0.15, -0.1) is 0 Å². The molecule has 0 aliphatic heterocycles. The van der Waals surface area contributed by atoms with Crippen LogP contribution in [0.25, 0.3) is 0 Å². The molecule has 0 heterocycles. The van der Waals surface area contributed by atoms with Gasteiger partial charge in [-0.1, -0.05) is 24.3 Å². The number of benzene rings is 1. The normalized spacial score (nSPS) is 18.7. The summed E-state index contributed by atoms with van der Waals surface area (Å²) >= 11 is 0. The van der Waals surface area contributed by atoms with E-state index < -0.39 is 10.8 Å². The van der Waals surface area contributed by atoms with Crippen molar-refractivity contribution in [2.24, 2.45) is 0 Å². The van der Waals surface area contributed by atoms with Crippen molar-refractivity contribution in [3.8, 4) is 0 Å². The lowest BCUT2D eigenvalue weighted by Gasteiger charge is -2.11. The Morgan fingerprint density at radius 2 is 1.86 bits per heavy atom. The second-order valence-corrected chi connectivity index (χ2v) is 5.03. The first-order valence-electron chi connectivity index (χ1n) is 5.04. The molecule has 0 radical (unpaired) electrons. The highest BCUT2D eigenvalue weighted by atomic mass is 32.2. The van der Waals surface area contributed by atoms with Crippen LogP contribution in [0, 0.1) is 0 Å². The third kappa shape index (κ3) is 2.13. The molecule has 0 saturated carbocycles. The second-order valence-electron chi connectivity index (χ2n) is 3.50. The maximum absolute atomic E-state index is 12.0. The number of rotatable bonds is 2. The Hall–Kier alpha value is -0.890. The van der Waals surface area contributed by atoms with Gasteiger partial charge in [0.05, 0.1) is 10.8 Å². The van der Waals surface area contributed by atoms with Crippen LogP contribution in [0.15, 0.2) is 46.2 Å². The van der Waals surface area contributed by atoms with Crippen molar-refractivity contribution in [1.29, 1.82) is 0 Å². The first-order chi connectivity index (χ1) is 6.88. The molecule has 1 aliphatic rings. The lowest BCUT2D eigenvalue weighted by molar-refractivity contribution is 0.675. The molecule has 74 valence electrons. The number of hydrogen-bond acceptors (Lipinski definition) is 1. The van der Waals surface area contributed by atoms with Gasteiger partial charge in [-0.25, -0.2) is 4.21 Å². The summed E-state index contributed by atoms with van der Waals surface area (Å²) in [5.41, 5.74) is 0. The van der Waals surface area contributed by atoms with Crippen molar-refractivity contribution >= 4 is 10.8 Å². The Morgan fingerprint density at radius 1 is 1.07 bits per heavy atom. The Morgan fingerprint density at radius 3 is 2.50 bits per heavy atom. The SMILES string of the molecule is O=[S@@](C1=CCCCC1)c1ccccc1. The van der Waals surface area contributed by atoms with E-state index in [0.717, 1.165) is 22.6 Å². The molecule has 2 heteroatoms. The lowest BCUT2D eigenvalue weighted by Crippen LogP contribution is -1.99. The van der Waals surface area contributed by atoms with E-state index in [0.29, 0.717) is 0 Å². The van der Waals surface area contributed by atoms with Gasteiger partial charge in [-0.3, -0.25) is 0 Å². The average Bonchev–Trinajstić information content (AvgIpc) is 2.30. The van der Waals surface area contributed by atoms with Gasteiger partial charge in [-0.05, 0) is 37.8 Å². The van der Waals surface area contributed by atoms with Gasteiger partial charge in [0.1, 0.15) is 0 Å². The molecule has 14 heavy (non-hydrogen) atoms. The van der Waals surface area contributed by atoms with Crippen LogP contribution in [0.2, 0.25) is 0 Å². The van der Waals surface area contributed by atoms with Crippen LogP contribution in [-0.2, 0) is 10.8 Å². The van der Waals surface area contributed by atoms with Crippen LogP contribution in [0.1, 0.15) is 25.7 Å². The summed E-state index contributed by atoms with van der Waals surface area (Å²) in [5.74, 6) is 0. The maximum Gasteiger partial charge on any atom is 0.0805 e. The van der Waals surface area contributed by atoms with Crippen molar-refractivity contribution in [2.75, 3.05) is 0 Å². The van der Waals surface area contributed by atoms with Gasteiger partial charge in [-0.2, -0.15) is 0 Å². The lowest BCUT2D eigenvalue weighted by atomic mass is 10.1. The van der Waals surface area contributed by atoms with E-state index in [1.807, 2.05) is 30.3 Å². The van der Waals surface area contributed by atoms with Crippen molar-refractivity contribution in [2.45, 2.75) is 30.6 Å². The van der Waals surface area contributed by atoms with E-state index in [1.165, 1.54) is 12.8 Å². The monoisotopic (exact) mass is 206 g/mol. The van der Waals surface area contributed by atoms with Crippen LogP contribution in [-0.4, -0.2) is 4.21 Å². The molecule has 1 aromatic rings. The fourth-order valence-corrected chi connectivity index (χ4v) is 2.98. The van der Waals surface area contributed by atoms with E-state index in [-0.39, 0.29) is 0 Å². The molecule has 0 fully saturated rings. The molecule has 0 spiro atoms. The summed E-state index contributed by atoms with van der Waals surface area (Å²) in [6, 6.07) is 9.71. The Balaban J connectivity index is 2.20. The third-order valence-corrected chi connectivity index (χ3v) is 3.99. The third-order valence-electron chi connectivity index (χ3n) is 2.44. The fourth-order valence-electron chi connectivity index (χ4n) is 1.67. The molecular formula is C12H14OS. The zero-order chi connectivity index (χ0) is 9.80. The summed E-state index contributed by atoms with van der Waals surface area (Å²) in [6.07, 6.45) is 6.67. The molecule has 0 amide bonds. The maximum atomic E-state index is 12.0. The van der Waals surface area contributed by atoms with Crippen LogP contribution >= 0.6 is 0 Å². The largest absolute Gasteiger partial charge is 0.249 e. The van der Waals surface area contributed by atoms with E-state index in [2.05, 4.69) is 6.08 Å². The topological polar surface area (TPSA) is 17.1 Å². The van der Waals surface area contributed by atoms with Crippen molar-refractivity contribution in [1.82, 2.24) is 0 Å². The van der Waals surface area contributed by atoms with Crippen molar-refractivity contribution < 1.29 is 4.21 Å². The summed E-state index contributed by atoms with van der Waals surface area (Å²) in [4.78, 5) is 2.04. The molecule has 0 saturated heterocycles. The van der Waals surface area contributed by atoms with Crippen LogP contribution < -0.4 is 0 Å². The molecule has 1 aliphatic carbocycles. The second kappa shape index (κ2) is 4.56. The van der Waals surface area contributed by atoms with Crippen LogP contribution in [0.5, 0.6) is 0 Å². The highest BCUT2D eigenvalue weighted by Crippen LogP contribution is 2.24. The first-order valence-corrected chi connectivity index (χ1v) is 6.19. The van der Waals surface area contributed by atoms with Gasteiger partial charge in [0.15, 0.2) is 0 Å². The van der Waals surface area contributed by atoms with Gasteiger partial charge in [0, 0.05) is 9.80 Å². The Kier molecular flexibility index (Phi) is 3.14. The first kappa shape index (κ1) is 9.66. The van der Waals surface area contributed by atoms with E-state index >= 15 is 0 Å². The van der Waals surface area contributed by atoms with Crippen LogP contribution in [0.4, 0.5) is 0 Å². The summed E-state index contributed by atoms with van der Waals surface area (Å²) in [6.45, 7) is 0. The molecular weight excluding hydrogens is 192 g/mol. The Labute approximate surface area is 87.3 Å². The predicted octanol–water partition coefficient (Wildman–Crippen LogP) is 3.25. The molecule has 1 aromatic carbocycles. The summed E-state index contributed by atoms with van der Waals surface area (Å²) in [5, 5.41) is 0. The molecule has 0 unspecified atom stereocenters. The zero-order valence-electron chi connectivity index (χ0n) is 8.11.